The number of piperidine rings is 1. The molecule has 7 nitrogen and oxygen atoms in total. The maximum atomic E-state index is 13.4. The van der Waals surface area contributed by atoms with Gasteiger partial charge in [0, 0.05) is 56.4 Å². The lowest BCUT2D eigenvalue weighted by Crippen LogP contribution is -2.55. The van der Waals surface area contributed by atoms with E-state index in [-0.39, 0.29) is 17.3 Å². The van der Waals surface area contributed by atoms with E-state index in [2.05, 4.69) is 33.1 Å². The molecule has 4 aliphatic heterocycles. The van der Waals surface area contributed by atoms with E-state index < -0.39 is 0 Å². The lowest BCUT2D eigenvalue weighted by molar-refractivity contribution is -0.130. The minimum atomic E-state index is 0.0374. The second-order valence-corrected chi connectivity index (χ2v) is 12.5. The van der Waals surface area contributed by atoms with Gasteiger partial charge in [-0.15, -0.1) is 23.5 Å². The molecular weight excluding hydrogens is 430 g/mol. The molecule has 1 saturated carbocycles. The molecule has 0 aromatic carbocycles. The summed E-state index contributed by atoms with van der Waals surface area (Å²) in [6, 6.07) is 0.940. The van der Waals surface area contributed by atoms with E-state index in [1.165, 1.54) is 25.0 Å². The van der Waals surface area contributed by atoms with Crippen molar-refractivity contribution in [3.05, 3.63) is 0 Å². The fraction of sp³-hybridized carbons (Fsp3) is 0.955. The Morgan fingerprint density at radius 3 is 2.81 bits per heavy atom. The van der Waals surface area contributed by atoms with Crippen LogP contribution in [0, 0.1) is 17.8 Å². The molecule has 0 aromatic heterocycles. The largest absolute Gasteiger partial charge is 0.381 e. The highest BCUT2D eigenvalue weighted by molar-refractivity contribution is 8.01. The quantitative estimate of drug-likeness (QED) is 0.479. The number of carbonyl (C=O) groups excluding carboxylic acids is 1. The summed E-state index contributed by atoms with van der Waals surface area (Å²) < 4.78 is 5.88. The molecule has 5 aliphatic rings. The molecule has 9 unspecified atom stereocenters. The van der Waals surface area contributed by atoms with Gasteiger partial charge in [0.15, 0.2) is 0 Å². The predicted octanol–water partition coefficient (Wildman–Crippen LogP) is 1.21. The number of thioether (sulfide) groups is 2. The van der Waals surface area contributed by atoms with E-state index in [1.54, 1.807) is 0 Å². The molecule has 0 aromatic rings. The first kappa shape index (κ1) is 22.7. The first-order valence-electron chi connectivity index (χ1n) is 12.2. The average molecular weight is 470 g/mol. The minimum Gasteiger partial charge on any atom is -0.381 e. The molecule has 4 N–H and O–H groups in total. The summed E-state index contributed by atoms with van der Waals surface area (Å²) in [7, 11) is 1.85. The summed E-state index contributed by atoms with van der Waals surface area (Å²) in [5, 5.41) is 14.8. The molecule has 1 aliphatic carbocycles. The molecule has 31 heavy (non-hydrogen) atoms. The molecular formula is C22H39N5O2S2. The Kier molecular flexibility index (Phi) is 7.39. The number of amides is 1. The standard InChI is InChI=1S/C22H39N5O2S2/c1-13-9-15(14-5-3-4-6-18(14)29-2)16(10-24-13)20(28)26-21-25-17-11-27(12-19(17)31-21)22-23-7-8-30-22/h13-19,21-25H,3-12H2,1-2H3,(H,26,28). The molecule has 0 bridgehead atoms. The van der Waals surface area contributed by atoms with Crippen molar-refractivity contribution < 1.29 is 9.53 Å². The monoisotopic (exact) mass is 469 g/mol. The molecule has 9 atom stereocenters. The topological polar surface area (TPSA) is 77.7 Å². The first-order valence-corrected chi connectivity index (χ1v) is 14.2. The van der Waals surface area contributed by atoms with Crippen LogP contribution in [0.3, 0.4) is 0 Å². The molecule has 5 fully saturated rings. The Labute approximate surface area is 195 Å². The van der Waals surface area contributed by atoms with Crippen molar-refractivity contribution in [2.45, 2.75) is 73.5 Å². The molecule has 0 spiro atoms. The number of carbonyl (C=O) groups is 1. The van der Waals surface area contributed by atoms with Gasteiger partial charge in [0.25, 0.3) is 0 Å². The van der Waals surface area contributed by atoms with Gasteiger partial charge in [-0.3, -0.25) is 20.3 Å². The van der Waals surface area contributed by atoms with Gasteiger partial charge in [-0.2, -0.15) is 0 Å². The fourth-order valence-electron chi connectivity index (χ4n) is 6.46. The second kappa shape index (κ2) is 10.1. The first-order chi connectivity index (χ1) is 15.1. The minimum absolute atomic E-state index is 0.0374. The van der Waals surface area contributed by atoms with Crippen LogP contribution in [0.15, 0.2) is 0 Å². The van der Waals surface area contributed by atoms with E-state index in [0.717, 1.165) is 39.0 Å². The van der Waals surface area contributed by atoms with Gasteiger partial charge in [0.2, 0.25) is 5.91 Å². The highest BCUT2D eigenvalue weighted by Crippen LogP contribution is 2.40. The zero-order chi connectivity index (χ0) is 21.4. The molecule has 5 rings (SSSR count). The van der Waals surface area contributed by atoms with E-state index in [1.807, 2.05) is 30.6 Å². The van der Waals surface area contributed by atoms with Crippen LogP contribution in [0.5, 0.6) is 0 Å². The van der Waals surface area contributed by atoms with Gasteiger partial charge in [0.1, 0.15) is 11.0 Å². The highest BCUT2D eigenvalue weighted by atomic mass is 32.2. The zero-order valence-electron chi connectivity index (χ0n) is 18.8. The van der Waals surface area contributed by atoms with Crippen molar-refractivity contribution in [2.75, 3.05) is 39.0 Å². The number of rotatable bonds is 5. The molecule has 4 saturated heterocycles. The van der Waals surface area contributed by atoms with Gasteiger partial charge < -0.3 is 15.4 Å². The molecule has 4 heterocycles. The second-order valence-electron chi connectivity index (χ2n) is 10.0. The summed E-state index contributed by atoms with van der Waals surface area (Å²) in [4.78, 5) is 16.0. The number of hydrogen-bond donors (Lipinski definition) is 4. The van der Waals surface area contributed by atoms with E-state index >= 15 is 0 Å². The van der Waals surface area contributed by atoms with Crippen LogP contribution in [0.2, 0.25) is 0 Å². The van der Waals surface area contributed by atoms with Crippen molar-refractivity contribution >= 4 is 29.4 Å². The maximum absolute atomic E-state index is 13.4. The number of nitrogens with zero attached hydrogens (tertiary/aromatic N) is 1. The Balaban J connectivity index is 1.18. The maximum Gasteiger partial charge on any atom is 0.226 e. The third-order valence-electron chi connectivity index (χ3n) is 8.04. The van der Waals surface area contributed by atoms with Crippen molar-refractivity contribution in [1.29, 1.82) is 0 Å². The van der Waals surface area contributed by atoms with Crippen molar-refractivity contribution in [3.63, 3.8) is 0 Å². The molecule has 1 amide bonds. The number of fused-ring (bicyclic) bond motifs is 1. The fourth-order valence-corrected chi connectivity index (χ4v) is 8.96. The Hall–Kier alpha value is -0.0300. The summed E-state index contributed by atoms with van der Waals surface area (Å²) >= 11 is 3.93. The zero-order valence-corrected chi connectivity index (χ0v) is 20.5. The SMILES string of the molecule is COC1CCCCC1C1CC(C)NCC1C(=O)NC1NC2CN(C3NCCS3)CC2S1. The normalized spacial score (nSPS) is 46.2. The van der Waals surface area contributed by atoms with Crippen LogP contribution in [-0.2, 0) is 9.53 Å². The third kappa shape index (κ3) is 4.93. The third-order valence-corrected chi connectivity index (χ3v) is 10.6. The lowest BCUT2D eigenvalue weighted by atomic mass is 9.68. The summed E-state index contributed by atoms with van der Waals surface area (Å²) in [5.74, 6) is 2.38. The van der Waals surface area contributed by atoms with Gasteiger partial charge in [-0.25, -0.2) is 0 Å². The van der Waals surface area contributed by atoms with E-state index in [9.17, 15) is 4.79 Å². The highest BCUT2D eigenvalue weighted by Gasteiger charge is 2.46. The van der Waals surface area contributed by atoms with Gasteiger partial charge >= 0.3 is 0 Å². The van der Waals surface area contributed by atoms with Crippen molar-refractivity contribution in [3.8, 4) is 0 Å². The van der Waals surface area contributed by atoms with Crippen LogP contribution in [0.25, 0.3) is 0 Å². The lowest BCUT2D eigenvalue weighted by Gasteiger charge is -2.44. The summed E-state index contributed by atoms with van der Waals surface area (Å²) in [6.07, 6.45) is 6.24. The molecule has 176 valence electrons. The number of ether oxygens (including phenoxy) is 1. The smallest absolute Gasteiger partial charge is 0.226 e. The Morgan fingerprint density at radius 1 is 1.16 bits per heavy atom. The van der Waals surface area contributed by atoms with Crippen molar-refractivity contribution in [1.82, 2.24) is 26.2 Å². The van der Waals surface area contributed by atoms with Gasteiger partial charge in [-0.05, 0) is 38.0 Å². The van der Waals surface area contributed by atoms with Crippen LogP contribution in [-0.4, -0.2) is 84.3 Å². The van der Waals surface area contributed by atoms with E-state index in [0.29, 0.717) is 40.8 Å². The number of methoxy groups -OCH3 is 1. The molecule has 0 radical (unpaired) electrons. The van der Waals surface area contributed by atoms with E-state index in [4.69, 9.17) is 4.74 Å². The Bertz CT molecular complexity index is 623. The Morgan fingerprint density at radius 2 is 2.03 bits per heavy atom. The number of nitrogens with one attached hydrogen (secondary N) is 4. The average Bonchev–Trinajstić information content (AvgIpc) is 3.50. The summed E-state index contributed by atoms with van der Waals surface area (Å²) in [6.45, 7) is 6.32. The van der Waals surface area contributed by atoms with Crippen LogP contribution >= 0.6 is 23.5 Å². The summed E-state index contributed by atoms with van der Waals surface area (Å²) in [5.41, 5.74) is 0.514. The van der Waals surface area contributed by atoms with Crippen LogP contribution in [0.4, 0.5) is 0 Å². The van der Waals surface area contributed by atoms with Crippen LogP contribution in [0.1, 0.15) is 39.0 Å². The van der Waals surface area contributed by atoms with Crippen LogP contribution < -0.4 is 21.3 Å². The van der Waals surface area contributed by atoms with Gasteiger partial charge in [0.05, 0.1) is 12.0 Å². The number of hydrogen-bond acceptors (Lipinski definition) is 8. The predicted molar refractivity (Wildman–Crippen MR) is 128 cm³/mol. The molecule has 9 heteroatoms. The van der Waals surface area contributed by atoms with Crippen molar-refractivity contribution in [2.24, 2.45) is 17.8 Å². The number of likely N-dealkylation sites (tertiary alicyclic amines) is 1. The van der Waals surface area contributed by atoms with Gasteiger partial charge in [-0.1, -0.05) is 12.8 Å².